The summed E-state index contributed by atoms with van der Waals surface area (Å²) in [5, 5.41) is 0. The second-order valence-electron chi connectivity index (χ2n) is 13.6. The van der Waals surface area contributed by atoms with Crippen molar-refractivity contribution in [2.75, 3.05) is 139 Å². The Balaban J connectivity index is 0. The number of hydrogen-bond donors (Lipinski definition) is 2. The predicted molar refractivity (Wildman–Crippen MR) is 233 cm³/mol. The molecule has 2 unspecified atom stereocenters. The summed E-state index contributed by atoms with van der Waals surface area (Å²) in [5.41, 5.74) is 0. The average Bonchev–Trinajstić information content (AvgIpc) is 3.24. The quantitative estimate of drug-likeness (QED) is 0.0338. The van der Waals surface area contributed by atoms with Gasteiger partial charge in [0.05, 0.1) is 112 Å². The van der Waals surface area contributed by atoms with Gasteiger partial charge in [-0.25, -0.2) is 9.13 Å². The number of phosphoric acid groups is 2. The molecule has 2 atom stereocenters. The van der Waals surface area contributed by atoms with E-state index < -0.39 is 15.6 Å². The molecule has 0 rings (SSSR count). The van der Waals surface area contributed by atoms with E-state index in [0.29, 0.717) is 92.3 Å². The molecule has 0 aromatic carbocycles. The number of ether oxygens (including phenoxy) is 9. The summed E-state index contributed by atoms with van der Waals surface area (Å²) in [7, 11) is -6.87. The SMILES string of the molecule is CCCCCCCCCCCCCCCCCC(=O)OCCOCCOCCOCCOP(=O)(O)OCCOCC.CCOCCOCCOCCOCCOP(=O)(O)OC. The molecule has 0 spiro atoms. The molecule has 0 bridgehead atoms. The van der Waals surface area contributed by atoms with Gasteiger partial charge in [-0.3, -0.25) is 22.9 Å². The molecule has 2 N–H and O–H groups in total. The van der Waals surface area contributed by atoms with Gasteiger partial charge in [0.15, 0.2) is 0 Å². The third kappa shape index (κ3) is 55.4. The van der Waals surface area contributed by atoms with Gasteiger partial charge in [-0.1, -0.05) is 96.8 Å². The highest BCUT2D eigenvalue weighted by molar-refractivity contribution is 7.47. The van der Waals surface area contributed by atoms with E-state index in [2.05, 4.69) is 16.0 Å². The van der Waals surface area contributed by atoms with Crippen LogP contribution in [0, 0.1) is 0 Å². The monoisotopic (exact) mass is 929 g/mol. The Morgan fingerprint density at radius 3 is 1.00 bits per heavy atom. The van der Waals surface area contributed by atoms with Gasteiger partial charge in [-0.05, 0) is 20.3 Å². The van der Waals surface area contributed by atoms with E-state index in [1.54, 1.807) is 0 Å². The highest BCUT2D eigenvalue weighted by Crippen LogP contribution is 2.43. The molecule has 0 aromatic rings. The number of hydrogen-bond acceptors (Lipinski definition) is 16. The van der Waals surface area contributed by atoms with Crippen molar-refractivity contribution in [2.24, 2.45) is 0 Å². The number of unbranched alkanes of at least 4 members (excludes halogenated alkanes) is 14. The van der Waals surface area contributed by atoms with E-state index in [0.717, 1.165) is 20.0 Å². The van der Waals surface area contributed by atoms with Crippen molar-refractivity contribution in [3.8, 4) is 0 Å². The summed E-state index contributed by atoms with van der Waals surface area (Å²) >= 11 is 0. The van der Waals surface area contributed by atoms with Crippen molar-refractivity contribution in [1.82, 2.24) is 0 Å². The third-order valence-corrected chi connectivity index (χ3v) is 10.4. The minimum absolute atomic E-state index is 0.0117. The lowest BCUT2D eigenvalue weighted by atomic mass is 10.0. The first-order chi connectivity index (χ1) is 29.6. The molecule has 61 heavy (non-hydrogen) atoms. The summed E-state index contributed by atoms with van der Waals surface area (Å²) < 4.78 is 87.8. The molecule has 0 aromatic heterocycles. The van der Waals surface area contributed by atoms with E-state index >= 15 is 0 Å². The maximum atomic E-state index is 11.8. The molecule has 0 saturated heterocycles. The van der Waals surface area contributed by atoms with Gasteiger partial charge in [0.1, 0.15) is 6.61 Å². The van der Waals surface area contributed by atoms with Crippen LogP contribution < -0.4 is 0 Å². The number of phosphoric ester groups is 2. The van der Waals surface area contributed by atoms with Gasteiger partial charge in [-0.2, -0.15) is 0 Å². The van der Waals surface area contributed by atoms with Crippen molar-refractivity contribution in [3.63, 3.8) is 0 Å². The number of rotatable bonds is 49. The zero-order valence-electron chi connectivity index (χ0n) is 38.3. The van der Waals surface area contributed by atoms with Crippen LogP contribution in [0.2, 0.25) is 0 Å². The van der Waals surface area contributed by atoms with Gasteiger partial charge < -0.3 is 52.4 Å². The second-order valence-corrected chi connectivity index (χ2v) is 16.6. The Hall–Kier alpha value is -0.630. The highest BCUT2D eigenvalue weighted by Gasteiger charge is 2.20. The van der Waals surface area contributed by atoms with E-state index in [1.165, 1.54) is 83.5 Å². The molecule has 0 amide bonds. The minimum atomic E-state index is -4.08. The van der Waals surface area contributed by atoms with Crippen LogP contribution in [0.25, 0.3) is 0 Å². The number of carbonyl (C=O) groups excluding carboxylic acids is 1. The molecular weight excluding hydrogens is 842 g/mol. The maximum absolute atomic E-state index is 11.8. The molecule has 0 aliphatic carbocycles. The van der Waals surface area contributed by atoms with Gasteiger partial charge in [-0.15, -0.1) is 0 Å². The Morgan fingerprint density at radius 2 is 0.656 bits per heavy atom. The Kier molecular flexibility index (Phi) is 51.6. The first-order valence-electron chi connectivity index (χ1n) is 22.6. The summed E-state index contributed by atoms with van der Waals surface area (Å²) in [5.74, 6) is -0.157. The number of esters is 1. The molecular formula is C41H86O18P2. The lowest BCUT2D eigenvalue weighted by Gasteiger charge is -2.12. The summed E-state index contributed by atoms with van der Waals surface area (Å²) in [6.45, 7) is 12.7. The zero-order valence-corrected chi connectivity index (χ0v) is 40.1. The second kappa shape index (κ2) is 50.4. The Labute approximate surface area is 368 Å². The zero-order chi connectivity index (χ0) is 45.2. The van der Waals surface area contributed by atoms with Crippen LogP contribution in [0.5, 0.6) is 0 Å². The molecule has 20 heteroatoms. The van der Waals surface area contributed by atoms with Crippen molar-refractivity contribution >= 4 is 21.6 Å². The van der Waals surface area contributed by atoms with E-state index in [4.69, 9.17) is 56.6 Å². The van der Waals surface area contributed by atoms with Gasteiger partial charge >= 0.3 is 21.6 Å². The fourth-order valence-corrected chi connectivity index (χ4v) is 6.24. The molecule has 0 aliphatic rings. The topological polar surface area (TPSA) is 212 Å². The van der Waals surface area contributed by atoms with E-state index in [1.807, 2.05) is 13.8 Å². The molecule has 18 nitrogen and oxygen atoms in total. The molecule has 368 valence electrons. The van der Waals surface area contributed by atoms with Gasteiger partial charge in [0.25, 0.3) is 0 Å². The van der Waals surface area contributed by atoms with Crippen LogP contribution in [0.1, 0.15) is 124 Å². The lowest BCUT2D eigenvalue weighted by molar-refractivity contribution is -0.145. The van der Waals surface area contributed by atoms with Crippen molar-refractivity contribution in [1.29, 1.82) is 0 Å². The first-order valence-corrected chi connectivity index (χ1v) is 25.6. The van der Waals surface area contributed by atoms with E-state index in [9.17, 15) is 18.8 Å². The van der Waals surface area contributed by atoms with Crippen LogP contribution in [0.15, 0.2) is 0 Å². The van der Waals surface area contributed by atoms with Crippen LogP contribution in [-0.4, -0.2) is 155 Å². The largest absolute Gasteiger partial charge is 0.472 e. The first kappa shape index (κ1) is 62.5. The Morgan fingerprint density at radius 1 is 0.377 bits per heavy atom. The molecule has 0 saturated carbocycles. The summed E-state index contributed by atoms with van der Waals surface area (Å²) in [6, 6.07) is 0. The van der Waals surface area contributed by atoms with Crippen LogP contribution >= 0.6 is 15.6 Å². The number of carbonyl (C=O) groups is 1. The fraction of sp³-hybridized carbons (Fsp3) is 0.976. The standard InChI is InChI=1S/C30H61O10P.C11H25O8P/c1-3-5-6-7-8-9-10-11-12-13-14-15-16-17-18-19-30(31)38-27-24-36-22-20-35-21-23-37-26-29-40-41(32,33)39-28-25-34-4-2;1-3-15-4-5-16-6-7-17-8-9-18-10-11-19-20(12,13)14-2/h3-29H2,1-2H3,(H,32,33);3-11H2,1-2H3,(H,12,13). The maximum Gasteiger partial charge on any atom is 0.472 e. The fourth-order valence-electron chi connectivity index (χ4n) is 5.14. The molecule has 0 radical (unpaired) electrons. The van der Waals surface area contributed by atoms with Crippen LogP contribution in [0.4, 0.5) is 0 Å². The van der Waals surface area contributed by atoms with Crippen LogP contribution in [-0.2, 0) is 74.7 Å². The molecule has 0 heterocycles. The van der Waals surface area contributed by atoms with Gasteiger partial charge in [0.2, 0.25) is 0 Å². The molecule has 0 aliphatic heterocycles. The predicted octanol–water partition coefficient (Wildman–Crippen LogP) is 7.85. The highest BCUT2D eigenvalue weighted by atomic mass is 31.2. The van der Waals surface area contributed by atoms with Crippen molar-refractivity contribution in [3.05, 3.63) is 0 Å². The van der Waals surface area contributed by atoms with E-state index in [-0.39, 0.29) is 52.2 Å². The lowest BCUT2D eigenvalue weighted by Crippen LogP contribution is -2.14. The normalized spacial score (nSPS) is 13.4. The molecule has 0 fully saturated rings. The van der Waals surface area contributed by atoms with Crippen molar-refractivity contribution in [2.45, 2.75) is 124 Å². The smallest absolute Gasteiger partial charge is 0.463 e. The third-order valence-electron chi connectivity index (χ3n) is 8.42. The van der Waals surface area contributed by atoms with Crippen molar-refractivity contribution < 1.29 is 84.4 Å². The Bertz CT molecular complexity index is 983. The summed E-state index contributed by atoms with van der Waals surface area (Å²) in [6.07, 6.45) is 20.1. The van der Waals surface area contributed by atoms with Gasteiger partial charge in [0, 0.05) is 26.7 Å². The van der Waals surface area contributed by atoms with Crippen LogP contribution in [0.3, 0.4) is 0 Å². The summed E-state index contributed by atoms with van der Waals surface area (Å²) in [4.78, 5) is 30.2. The minimum Gasteiger partial charge on any atom is -0.463 e. The average molecular weight is 929 g/mol.